The van der Waals surface area contributed by atoms with Gasteiger partial charge in [-0.05, 0) is 30.3 Å². The molecule has 27 heavy (non-hydrogen) atoms. The summed E-state index contributed by atoms with van der Waals surface area (Å²) in [5.74, 6) is -1.15. The Labute approximate surface area is 163 Å². The number of aryl methyl sites for hydroxylation is 1. The van der Waals surface area contributed by atoms with E-state index in [2.05, 4.69) is 20.9 Å². The van der Waals surface area contributed by atoms with Crippen LogP contribution in [0.4, 0.5) is 8.78 Å². The monoisotopic (exact) mass is 428 g/mol. The van der Waals surface area contributed by atoms with Crippen molar-refractivity contribution in [1.29, 1.82) is 0 Å². The molecule has 0 atom stereocenters. The highest BCUT2D eigenvalue weighted by molar-refractivity contribution is 9.10. The van der Waals surface area contributed by atoms with Crippen molar-refractivity contribution in [2.45, 2.75) is 5.60 Å². The number of benzene rings is 3. The van der Waals surface area contributed by atoms with Gasteiger partial charge >= 0.3 is 0 Å². The standard InChI is InChI=1S/C21H15BrF2N2O/c1-26-19-12-13(22)10-11-18(19)25-20(26)21(27,14-6-2-4-8-16(14)23)15-7-3-5-9-17(15)24/h2-12,27H,1H3. The Morgan fingerprint density at radius 2 is 1.48 bits per heavy atom. The third-order valence-electron chi connectivity index (χ3n) is 4.69. The predicted octanol–water partition coefficient (Wildman–Crippen LogP) is 4.90. The van der Waals surface area contributed by atoms with Gasteiger partial charge in [-0.25, -0.2) is 13.8 Å². The van der Waals surface area contributed by atoms with E-state index in [1.165, 1.54) is 36.4 Å². The fraction of sp³-hybridized carbons (Fsp3) is 0.0952. The molecule has 1 heterocycles. The van der Waals surface area contributed by atoms with Crippen LogP contribution < -0.4 is 0 Å². The van der Waals surface area contributed by atoms with Gasteiger partial charge in [0, 0.05) is 22.6 Å². The molecule has 0 aliphatic carbocycles. The van der Waals surface area contributed by atoms with Crippen LogP contribution in [0.3, 0.4) is 0 Å². The first-order chi connectivity index (χ1) is 12.9. The summed E-state index contributed by atoms with van der Waals surface area (Å²) in [5, 5.41) is 11.8. The van der Waals surface area contributed by atoms with Crippen molar-refractivity contribution >= 4 is 27.0 Å². The summed E-state index contributed by atoms with van der Waals surface area (Å²) in [5.41, 5.74) is -0.885. The minimum absolute atomic E-state index is 0.0624. The topological polar surface area (TPSA) is 38.0 Å². The third kappa shape index (κ3) is 2.76. The van der Waals surface area contributed by atoms with Crippen LogP contribution in [0.1, 0.15) is 17.0 Å². The van der Waals surface area contributed by atoms with Crippen molar-refractivity contribution in [1.82, 2.24) is 9.55 Å². The fourth-order valence-corrected chi connectivity index (χ4v) is 3.73. The summed E-state index contributed by atoms with van der Waals surface area (Å²) < 4.78 is 31.9. The molecule has 3 nitrogen and oxygen atoms in total. The lowest BCUT2D eigenvalue weighted by molar-refractivity contribution is 0.104. The lowest BCUT2D eigenvalue weighted by Gasteiger charge is -2.29. The van der Waals surface area contributed by atoms with Crippen molar-refractivity contribution in [3.63, 3.8) is 0 Å². The number of hydrogen-bond acceptors (Lipinski definition) is 2. The van der Waals surface area contributed by atoms with Gasteiger partial charge in [-0.1, -0.05) is 52.3 Å². The van der Waals surface area contributed by atoms with Crippen LogP contribution in [0.2, 0.25) is 0 Å². The SMILES string of the molecule is Cn1c(C(O)(c2ccccc2F)c2ccccc2F)nc2ccc(Br)cc21. The lowest BCUT2D eigenvalue weighted by atomic mass is 9.84. The zero-order chi connectivity index (χ0) is 19.2. The summed E-state index contributed by atoms with van der Waals surface area (Å²) in [6.45, 7) is 0. The van der Waals surface area contributed by atoms with Gasteiger partial charge in [0.15, 0.2) is 11.4 Å². The maximum Gasteiger partial charge on any atom is 0.178 e. The van der Waals surface area contributed by atoms with E-state index in [0.29, 0.717) is 5.52 Å². The molecule has 0 spiro atoms. The normalized spacial score (nSPS) is 11.9. The highest BCUT2D eigenvalue weighted by Gasteiger charge is 2.42. The Bertz CT molecular complexity index is 1110. The Morgan fingerprint density at radius 1 is 0.926 bits per heavy atom. The molecular weight excluding hydrogens is 414 g/mol. The highest BCUT2D eigenvalue weighted by atomic mass is 79.9. The second-order valence-corrected chi connectivity index (χ2v) is 7.21. The summed E-state index contributed by atoms with van der Waals surface area (Å²) >= 11 is 3.42. The van der Waals surface area contributed by atoms with Crippen LogP contribution >= 0.6 is 15.9 Å². The van der Waals surface area contributed by atoms with Gasteiger partial charge in [-0.3, -0.25) is 0 Å². The third-order valence-corrected chi connectivity index (χ3v) is 5.19. The van der Waals surface area contributed by atoms with Gasteiger partial charge in [-0.15, -0.1) is 0 Å². The van der Waals surface area contributed by atoms with Gasteiger partial charge in [0.2, 0.25) is 0 Å². The van der Waals surface area contributed by atoms with Crippen molar-refractivity contribution in [2.75, 3.05) is 0 Å². The number of imidazole rings is 1. The van der Waals surface area contributed by atoms with Crippen molar-refractivity contribution in [2.24, 2.45) is 7.05 Å². The van der Waals surface area contributed by atoms with E-state index >= 15 is 0 Å². The zero-order valence-electron chi connectivity index (χ0n) is 14.3. The van der Waals surface area contributed by atoms with E-state index in [9.17, 15) is 13.9 Å². The Kier molecular flexibility index (Phi) is 4.32. The molecule has 1 N–H and O–H groups in total. The van der Waals surface area contributed by atoms with Crippen molar-refractivity contribution < 1.29 is 13.9 Å². The van der Waals surface area contributed by atoms with E-state index in [1.807, 2.05) is 12.1 Å². The number of hydrogen-bond donors (Lipinski definition) is 1. The number of halogens is 3. The molecule has 3 aromatic carbocycles. The van der Waals surface area contributed by atoms with Crippen molar-refractivity contribution in [3.05, 3.63) is 99.8 Å². The first kappa shape index (κ1) is 17.8. The van der Waals surface area contributed by atoms with Gasteiger partial charge in [0.25, 0.3) is 0 Å². The first-order valence-electron chi connectivity index (χ1n) is 8.27. The van der Waals surface area contributed by atoms with E-state index < -0.39 is 17.2 Å². The summed E-state index contributed by atoms with van der Waals surface area (Å²) in [4.78, 5) is 4.52. The summed E-state index contributed by atoms with van der Waals surface area (Å²) in [7, 11) is 1.71. The minimum Gasteiger partial charge on any atom is -0.373 e. The van der Waals surface area contributed by atoms with Crippen molar-refractivity contribution in [3.8, 4) is 0 Å². The number of rotatable bonds is 3. The molecular formula is C21H15BrF2N2O. The van der Waals surface area contributed by atoms with Crippen LogP contribution in [0.5, 0.6) is 0 Å². The van der Waals surface area contributed by atoms with E-state index in [1.54, 1.807) is 29.8 Å². The lowest BCUT2D eigenvalue weighted by Crippen LogP contribution is -2.34. The van der Waals surface area contributed by atoms with E-state index in [-0.39, 0.29) is 17.0 Å². The molecule has 1 aromatic heterocycles. The van der Waals surface area contributed by atoms with Gasteiger partial charge < -0.3 is 9.67 Å². The molecule has 0 aliphatic rings. The molecule has 0 saturated carbocycles. The quantitative estimate of drug-likeness (QED) is 0.503. The molecule has 0 radical (unpaired) electrons. The number of fused-ring (bicyclic) bond motifs is 1. The van der Waals surface area contributed by atoms with Crippen LogP contribution in [0, 0.1) is 11.6 Å². The van der Waals surface area contributed by atoms with Crippen LogP contribution in [0.25, 0.3) is 11.0 Å². The van der Waals surface area contributed by atoms with Gasteiger partial charge in [-0.2, -0.15) is 0 Å². The first-order valence-corrected chi connectivity index (χ1v) is 9.07. The molecule has 6 heteroatoms. The summed E-state index contributed by atoms with van der Waals surface area (Å²) in [6, 6.07) is 17.0. The summed E-state index contributed by atoms with van der Waals surface area (Å²) in [6.07, 6.45) is 0. The second kappa shape index (κ2) is 6.55. The number of nitrogens with zero attached hydrogens (tertiary/aromatic N) is 2. The molecule has 0 bridgehead atoms. The maximum absolute atomic E-state index is 14.7. The van der Waals surface area contributed by atoms with Crippen LogP contribution in [-0.4, -0.2) is 14.7 Å². The van der Waals surface area contributed by atoms with Gasteiger partial charge in [0.05, 0.1) is 11.0 Å². The largest absolute Gasteiger partial charge is 0.373 e. The maximum atomic E-state index is 14.7. The predicted molar refractivity (Wildman–Crippen MR) is 103 cm³/mol. The molecule has 0 unspecified atom stereocenters. The number of aromatic nitrogens is 2. The average Bonchev–Trinajstić information content (AvgIpc) is 2.99. The average molecular weight is 429 g/mol. The Balaban J connectivity index is 2.10. The smallest absolute Gasteiger partial charge is 0.178 e. The van der Waals surface area contributed by atoms with E-state index in [4.69, 9.17) is 0 Å². The highest BCUT2D eigenvalue weighted by Crippen LogP contribution is 2.39. The Morgan fingerprint density at radius 3 is 2.04 bits per heavy atom. The second-order valence-electron chi connectivity index (χ2n) is 6.30. The van der Waals surface area contributed by atoms with Crippen LogP contribution in [-0.2, 0) is 12.6 Å². The molecule has 0 aliphatic heterocycles. The fourth-order valence-electron chi connectivity index (χ4n) is 3.38. The molecule has 0 amide bonds. The minimum atomic E-state index is -2.10. The van der Waals surface area contributed by atoms with E-state index in [0.717, 1.165) is 9.99 Å². The molecule has 0 saturated heterocycles. The Hall–Kier alpha value is -2.57. The molecule has 0 fully saturated rings. The van der Waals surface area contributed by atoms with Crippen LogP contribution in [0.15, 0.2) is 71.2 Å². The number of aliphatic hydroxyl groups is 1. The zero-order valence-corrected chi connectivity index (χ0v) is 15.9. The van der Waals surface area contributed by atoms with Gasteiger partial charge in [0.1, 0.15) is 11.6 Å². The molecule has 4 rings (SSSR count). The molecule has 4 aromatic rings. The molecule has 136 valence electrons.